The van der Waals surface area contributed by atoms with Crippen LogP contribution in [0.15, 0.2) is 4.99 Å². The Balaban J connectivity index is 2.46. The molecule has 0 aromatic rings. The molecule has 136 valence electrons. The minimum absolute atomic E-state index is 0.110. The molecule has 0 radical (unpaired) electrons. The summed E-state index contributed by atoms with van der Waals surface area (Å²) >= 11 is 0. The van der Waals surface area contributed by atoms with Crippen LogP contribution in [-0.4, -0.2) is 46.3 Å². The van der Waals surface area contributed by atoms with Crippen molar-refractivity contribution in [3.63, 3.8) is 0 Å². The van der Waals surface area contributed by atoms with Crippen LogP contribution in [0.2, 0.25) is 0 Å². The molecule has 1 rings (SSSR count). The minimum Gasteiger partial charge on any atom is -0.357 e. The van der Waals surface area contributed by atoms with Gasteiger partial charge in [-0.1, -0.05) is 20.3 Å². The van der Waals surface area contributed by atoms with Gasteiger partial charge in [0.2, 0.25) is 10.0 Å². The fourth-order valence-electron chi connectivity index (χ4n) is 3.05. The van der Waals surface area contributed by atoms with Crippen molar-refractivity contribution >= 4 is 16.0 Å². The Morgan fingerprint density at radius 1 is 1.17 bits per heavy atom. The van der Waals surface area contributed by atoms with Crippen LogP contribution in [0.4, 0.5) is 0 Å². The van der Waals surface area contributed by atoms with Crippen LogP contribution in [0.5, 0.6) is 0 Å². The molecule has 0 spiro atoms. The highest BCUT2D eigenvalue weighted by molar-refractivity contribution is 7.89. The van der Waals surface area contributed by atoms with Crippen LogP contribution in [0.25, 0.3) is 0 Å². The Bertz CT molecular complexity index is 470. The van der Waals surface area contributed by atoms with Crippen LogP contribution in [0.3, 0.4) is 0 Å². The molecule has 0 saturated heterocycles. The van der Waals surface area contributed by atoms with E-state index in [4.69, 9.17) is 4.99 Å². The van der Waals surface area contributed by atoms with Gasteiger partial charge in [0.15, 0.2) is 5.96 Å². The van der Waals surface area contributed by atoms with Gasteiger partial charge < -0.3 is 10.6 Å². The van der Waals surface area contributed by atoms with E-state index in [1.165, 1.54) is 25.7 Å². The molecule has 0 aliphatic heterocycles. The lowest BCUT2D eigenvalue weighted by molar-refractivity contribution is 0.111. The highest BCUT2D eigenvalue weighted by atomic mass is 32.2. The lowest BCUT2D eigenvalue weighted by atomic mass is 9.64. The summed E-state index contributed by atoms with van der Waals surface area (Å²) in [6.45, 7) is 10.8. The molecule has 0 atom stereocenters. The molecule has 1 saturated carbocycles. The van der Waals surface area contributed by atoms with Gasteiger partial charge in [0, 0.05) is 26.2 Å². The van der Waals surface area contributed by atoms with Crippen molar-refractivity contribution < 1.29 is 8.42 Å². The summed E-state index contributed by atoms with van der Waals surface area (Å²) in [6, 6.07) is 0. The van der Waals surface area contributed by atoms with Crippen molar-refractivity contribution in [2.75, 3.05) is 31.9 Å². The summed E-state index contributed by atoms with van der Waals surface area (Å²) in [5.74, 6) is 1.58. The molecular weight excluding hydrogens is 312 g/mol. The van der Waals surface area contributed by atoms with Crippen LogP contribution < -0.4 is 15.4 Å². The molecule has 23 heavy (non-hydrogen) atoms. The lowest BCUT2D eigenvalue weighted by Crippen LogP contribution is -2.43. The molecule has 0 aromatic heterocycles. The summed E-state index contributed by atoms with van der Waals surface area (Å²) in [6.07, 6.45) is 5.08. The molecule has 0 amide bonds. The van der Waals surface area contributed by atoms with Crippen LogP contribution >= 0.6 is 0 Å². The van der Waals surface area contributed by atoms with Crippen LogP contribution in [0.1, 0.15) is 53.4 Å². The third-order valence-corrected chi connectivity index (χ3v) is 5.70. The van der Waals surface area contributed by atoms with Crippen molar-refractivity contribution in [1.82, 2.24) is 15.4 Å². The molecule has 1 fully saturated rings. The highest BCUT2D eigenvalue weighted by Crippen LogP contribution is 2.46. The van der Waals surface area contributed by atoms with E-state index in [0.29, 0.717) is 24.4 Å². The van der Waals surface area contributed by atoms with Crippen molar-refractivity contribution in [3.05, 3.63) is 0 Å². The Morgan fingerprint density at radius 2 is 1.87 bits per heavy atom. The molecular formula is C16H34N4O2S. The zero-order chi connectivity index (χ0) is 17.3. The van der Waals surface area contributed by atoms with Gasteiger partial charge in [0.25, 0.3) is 0 Å². The van der Waals surface area contributed by atoms with E-state index in [0.717, 1.165) is 19.0 Å². The van der Waals surface area contributed by atoms with Crippen LogP contribution in [-0.2, 0) is 10.0 Å². The highest BCUT2D eigenvalue weighted by Gasteiger charge is 2.37. The van der Waals surface area contributed by atoms with Gasteiger partial charge in [-0.2, -0.15) is 0 Å². The first kappa shape index (κ1) is 20.2. The molecule has 1 aliphatic rings. The van der Waals surface area contributed by atoms with Gasteiger partial charge in [-0.25, -0.2) is 13.1 Å². The maximum absolute atomic E-state index is 11.4. The number of nitrogens with one attached hydrogen (secondary N) is 3. The summed E-state index contributed by atoms with van der Waals surface area (Å²) in [5, 5.41) is 6.43. The number of guanidine groups is 1. The van der Waals surface area contributed by atoms with E-state index in [9.17, 15) is 8.42 Å². The molecule has 6 nitrogen and oxygen atoms in total. The van der Waals surface area contributed by atoms with Crippen molar-refractivity contribution in [3.8, 4) is 0 Å². The summed E-state index contributed by atoms with van der Waals surface area (Å²) < 4.78 is 25.3. The normalized spacial score (nSPS) is 17.9. The average molecular weight is 347 g/mol. The summed E-state index contributed by atoms with van der Waals surface area (Å²) in [4.78, 5) is 4.73. The molecule has 0 aromatic carbocycles. The second-order valence-electron chi connectivity index (χ2n) is 6.87. The predicted molar refractivity (Wildman–Crippen MR) is 97.2 cm³/mol. The Labute approximate surface area is 142 Å². The smallest absolute Gasteiger partial charge is 0.211 e. The maximum Gasteiger partial charge on any atom is 0.211 e. The fourth-order valence-corrected chi connectivity index (χ4v) is 3.66. The third-order valence-electron chi connectivity index (χ3n) is 4.29. The van der Waals surface area contributed by atoms with E-state index in [1.54, 1.807) is 6.92 Å². The SMILES string of the molecule is CCNC(=NCC1(CC(C)C)CCC1)NCCNS(=O)(=O)CC. The van der Waals surface area contributed by atoms with Crippen LogP contribution in [0, 0.1) is 11.3 Å². The second kappa shape index (κ2) is 9.47. The van der Waals surface area contributed by atoms with E-state index in [2.05, 4.69) is 29.2 Å². The van der Waals surface area contributed by atoms with E-state index in [-0.39, 0.29) is 5.75 Å². The van der Waals surface area contributed by atoms with Crippen molar-refractivity contribution in [2.45, 2.75) is 53.4 Å². The van der Waals surface area contributed by atoms with E-state index < -0.39 is 10.0 Å². The number of sulfonamides is 1. The first-order chi connectivity index (χ1) is 10.8. The first-order valence-corrected chi connectivity index (χ1v) is 10.5. The topological polar surface area (TPSA) is 82.6 Å². The van der Waals surface area contributed by atoms with E-state index in [1.807, 2.05) is 6.92 Å². The average Bonchev–Trinajstić information content (AvgIpc) is 2.45. The van der Waals surface area contributed by atoms with Gasteiger partial charge in [0.05, 0.1) is 5.75 Å². The Hall–Kier alpha value is -0.820. The number of rotatable bonds is 10. The lowest BCUT2D eigenvalue weighted by Gasteiger charge is -2.42. The van der Waals surface area contributed by atoms with Gasteiger partial charge in [-0.05, 0) is 44.4 Å². The summed E-state index contributed by atoms with van der Waals surface area (Å²) in [5.41, 5.74) is 0.375. The van der Waals surface area contributed by atoms with Crippen molar-refractivity contribution in [1.29, 1.82) is 0 Å². The number of hydrogen-bond acceptors (Lipinski definition) is 3. The second-order valence-corrected chi connectivity index (χ2v) is 8.97. The fraction of sp³-hybridized carbons (Fsp3) is 0.938. The number of nitrogens with zero attached hydrogens (tertiary/aromatic N) is 1. The van der Waals surface area contributed by atoms with E-state index >= 15 is 0 Å². The van der Waals surface area contributed by atoms with Gasteiger partial charge in [0.1, 0.15) is 0 Å². The maximum atomic E-state index is 11.4. The number of hydrogen-bond donors (Lipinski definition) is 3. The minimum atomic E-state index is -3.12. The predicted octanol–water partition coefficient (Wildman–Crippen LogP) is 1.70. The first-order valence-electron chi connectivity index (χ1n) is 8.82. The summed E-state index contributed by atoms with van der Waals surface area (Å²) in [7, 11) is -3.12. The Kier molecular flexibility index (Phi) is 8.33. The quantitative estimate of drug-likeness (QED) is 0.319. The molecule has 1 aliphatic carbocycles. The van der Waals surface area contributed by atoms with Gasteiger partial charge in [-0.3, -0.25) is 4.99 Å². The molecule has 0 bridgehead atoms. The van der Waals surface area contributed by atoms with Gasteiger partial charge >= 0.3 is 0 Å². The molecule has 0 heterocycles. The number of aliphatic imine (C=N–C) groups is 1. The largest absolute Gasteiger partial charge is 0.357 e. The molecule has 0 unspecified atom stereocenters. The third kappa shape index (κ3) is 7.52. The van der Waals surface area contributed by atoms with Gasteiger partial charge in [-0.15, -0.1) is 0 Å². The van der Waals surface area contributed by atoms with Crippen molar-refractivity contribution in [2.24, 2.45) is 16.3 Å². The molecule has 7 heteroatoms. The molecule has 3 N–H and O–H groups in total. The Morgan fingerprint density at radius 3 is 2.35 bits per heavy atom. The zero-order valence-corrected chi connectivity index (χ0v) is 15.9. The standard InChI is InChI=1S/C16H34N4O2S/c1-5-17-15(18-10-11-20-23(21,22)6-2)19-13-16(8-7-9-16)12-14(3)4/h14,20H,5-13H2,1-4H3,(H2,17,18,19). The zero-order valence-electron chi connectivity index (χ0n) is 15.1. The monoisotopic (exact) mass is 346 g/mol.